The van der Waals surface area contributed by atoms with Crippen LogP contribution in [0, 0.1) is 5.41 Å². The minimum atomic E-state index is 0.0238. The van der Waals surface area contributed by atoms with E-state index in [2.05, 4.69) is 37.8 Å². The molecule has 2 atom stereocenters. The standard InChI is InChI=1S/C12H25NOS/c1-4-15-11-6-5-10(7-11)13-8-12(2,3)9-14/h10-11,13-14H,4-9H2,1-3H3. The quantitative estimate of drug-likeness (QED) is 0.735. The highest BCUT2D eigenvalue weighted by molar-refractivity contribution is 7.99. The number of rotatable bonds is 6. The summed E-state index contributed by atoms with van der Waals surface area (Å²) in [5, 5.41) is 13.6. The van der Waals surface area contributed by atoms with Crippen molar-refractivity contribution in [2.45, 2.75) is 51.3 Å². The van der Waals surface area contributed by atoms with E-state index in [1.165, 1.54) is 25.0 Å². The van der Waals surface area contributed by atoms with Crippen molar-refractivity contribution in [3.05, 3.63) is 0 Å². The van der Waals surface area contributed by atoms with E-state index in [-0.39, 0.29) is 12.0 Å². The summed E-state index contributed by atoms with van der Waals surface area (Å²) in [5.41, 5.74) is 0.0238. The van der Waals surface area contributed by atoms with Gasteiger partial charge in [0.1, 0.15) is 0 Å². The van der Waals surface area contributed by atoms with Crippen molar-refractivity contribution in [1.29, 1.82) is 0 Å². The van der Waals surface area contributed by atoms with E-state index in [4.69, 9.17) is 5.11 Å². The molecule has 0 bridgehead atoms. The average molecular weight is 231 g/mol. The van der Waals surface area contributed by atoms with Gasteiger partial charge in [-0.05, 0) is 25.0 Å². The van der Waals surface area contributed by atoms with Crippen molar-refractivity contribution in [2.24, 2.45) is 5.41 Å². The first-order valence-corrected chi connectivity index (χ1v) is 7.08. The first kappa shape index (κ1) is 13.3. The van der Waals surface area contributed by atoms with Crippen molar-refractivity contribution < 1.29 is 5.11 Å². The molecule has 0 saturated heterocycles. The summed E-state index contributed by atoms with van der Waals surface area (Å²) in [6, 6.07) is 0.680. The molecule has 1 rings (SSSR count). The Labute approximate surface area is 98.2 Å². The summed E-state index contributed by atoms with van der Waals surface area (Å²) in [5.74, 6) is 1.24. The number of hydrogen-bond acceptors (Lipinski definition) is 3. The van der Waals surface area contributed by atoms with Gasteiger partial charge in [0, 0.05) is 29.9 Å². The number of aliphatic hydroxyl groups excluding tert-OH is 1. The molecule has 0 spiro atoms. The molecule has 2 nitrogen and oxygen atoms in total. The zero-order valence-electron chi connectivity index (χ0n) is 10.3. The Balaban J connectivity index is 2.19. The Morgan fingerprint density at radius 1 is 1.40 bits per heavy atom. The zero-order chi connectivity index (χ0) is 11.3. The van der Waals surface area contributed by atoms with Crippen molar-refractivity contribution in [3.8, 4) is 0 Å². The van der Waals surface area contributed by atoms with Crippen LogP contribution in [0.2, 0.25) is 0 Å². The molecular formula is C12H25NOS. The molecule has 0 aromatic heterocycles. The van der Waals surface area contributed by atoms with Crippen molar-refractivity contribution in [3.63, 3.8) is 0 Å². The lowest BCUT2D eigenvalue weighted by molar-refractivity contribution is 0.153. The van der Waals surface area contributed by atoms with Crippen LogP contribution in [0.1, 0.15) is 40.0 Å². The topological polar surface area (TPSA) is 32.3 Å². The molecule has 1 saturated carbocycles. The van der Waals surface area contributed by atoms with Crippen molar-refractivity contribution in [2.75, 3.05) is 18.9 Å². The fourth-order valence-electron chi connectivity index (χ4n) is 1.99. The molecule has 0 amide bonds. The van der Waals surface area contributed by atoms with Gasteiger partial charge in [-0.2, -0.15) is 11.8 Å². The average Bonchev–Trinajstić information content (AvgIpc) is 2.64. The van der Waals surface area contributed by atoms with E-state index in [9.17, 15) is 0 Å². The normalized spacial score (nSPS) is 27.2. The van der Waals surface area contributed by atoms with Gasteiger partial charge in [-0.15, -0.1) is 0 Å². The fraction of sp³-hybridized carbons (Fsp3) is 1.00. The van der Waals surface area contributed by atoms with Gasteiger partial charge in [-0.25, -0.2) is 0 Å². The second kappa shape index (κ2) is 6.12. The molecule has 1 fully saturated rings. The monoisotopic (exact) mass is 231 g/mol. The van der Waals surface area contributed by atoms with Crippen LogP contribution in [-0.4, -0.2) is 35.3 Å². The van der Waals surface area contributed by atoms with E-state index >= 15 is 0 Å². The molecule has 0 aliphatic heterocycles. The molecule has 15 heavy (non-hydrogen) atoms. The van der Waals surface area contributed by atoms with Crippen LogP contribution in [0.4, 0.5) is 0 Å². The lowest BCUT2D eigenvalue weighted by Gasteiger charge is -2.24. The molecule has 2 unspecified atom stereocenters. The van der Waals surface area contributed by atoms with Crippen LogP contribution in [0.25, 0.3) is 0 Å². The third-order valence-electron chi connectivity index (χ3n) is 3.08. The highest BCUT2D eigenvalue weighted by atomic mass is 32.2. The van der Waals surface area contributed by atoms with Crippen molar-refractivity contribution in [1.82, 2.24) is 5.32 Å². The van der Waals surface area contributed by atoms with E-state index in [1.54, 1.807) is 0 Å². The van der Waals surface area contributed by atoms with Gasteiger partial charge in [0.2, 0.25) is 0 Å². The molecule has 0 aromatic rings. The van der Waals surface area contributed by atoms with Gasteiger partial charge >= 0.3 is 0 Å². The predicted molar refractivity (Wildman–Crippen MR) is 68.4 cm³/mol. The maximum Gasteiger partial charge on any atom is 0.0494 e. The molecule has 1 aliphatic carbocycles. The first-order valence-electron chi connectivity index (χ1n) is 6.03. The van der Waals surface area contributed by atoms with Crippen LogP contribution in [0.15, 0.2) is 0 Å². The second-order valence-corrected chi connectivity index (χ2v) is 6.87. The summed E-state index contributed by atoms with van der Waals surface area (Å²) >= 11 is 2.09. The van der Waals surface area contributed by atoms with Crippen LogP contribution >= 0.6 is 11.8 Å². The maximum atomic E-state index is 9.16. The Morgan fingerprint density at radius 2 is 2.13 bits per heavy atom. The summed E-state index contributed by atoms with van der Waals surface area (Å²) in [4.78, 5) is 0. The van der Waals surface area contributed by atoms with Gasteiger partial charge in [0.05, 0.1) is 0 Å². The molecule has 2 N–H and O–H groups in total. The van der Waals surface area contributed by atoms with E-state index in [1.807, 2.05) is 0 Å². The van der Waals surface area contributed by atoms with Crippen molar-refractivity contribution >= 4 is 11.8 Å². The van der Waals surface area contributed by atoms with E-state index in [0.29, 0.717) is 6.04 Å². The Kier molecular flexibility index (Phi) is 5.44. The molecule has 0 heterocycles. The van der Waals surface area contributed by atoms with Gasteiger partial charge in [0.15, 0.2) is 0 Å². The maximum absolute atomic E-state index is 9.16. The Bertz CT molecular complexity index is 184. The van der Waals surface area contributed by atoms with Crippen LogP contribution < -0.4 is 5.32 Å². The van der Waals surface area contributed by atoms with Crippen LogP contribution in [-0.2, 0) is 0 Å². The highest BCUT2D eigenvalue weighted by Gasteiger charge is 2.26. The highest BCUT2D eigenvalue weighted by Crippen LogP contribution is 2.30. The summed E-state index contributed by atoms with van der Waals surface area (Å²) < 4.78 is 0. The molecule has 90 valence electrons. The summed E-state index contributed by atoms with van der Waals surface area (Å²) in [6.07, 6.45) is 3.97. The van der Waals surface area contributed by atoms with E-state index < -0.39 is 0 Å². The van der Waals surface area contributed by atoms with Gasteiger partial charge in [-0.1, -0.05) is 20.8 Å². The SMILES string of the molecule is CCSC1CCC(NCC(C)(C)CO)C1. The minimum absolute atomic E-state index is 0.0238. The van der Waals surface area contributed by atoms with Crippen LogP contribution in [0.5, 0.6) is 0 Å². The minimum Gasteiger partial charge on any atom is -0.396 e. The molecule has 0 aromatic carbocycles. The number of nitrogens with one attached hydrogen (secondary N) is 1. The molecule has 1 aliphatic rings. The molecule has 3 heteroatoms. The van der Waals surface area contributed by atoms with Gasteiger partial charge in [0.25, 0.3) is 0 Å². The Hall–Kier alpha value is 0.270. The Morgan fingerprint density at radius 3 is 2.73 bits per heavy atom. The smallest absolute Gasteiger partial charge is 0.0494 e. The van der Waals surface area contributed by atoms with Gasteiger partial charge < -0.3 is 10.4 Å². The van der Waals surface area contributed by atoms with Crippen LogP contribution in [0.3, 0.4) is 0 Å². The zero-order valence-corrected chi connectivity index (χ0v) is 11.1. The number of thioether (sulfide) groups is 1. The number of hydrogen-bond donors (Lipinski definition) is 2. The fourth-order valence-corrected chi connectivity index (χ4v) is 3.13. The van der Waals surface area contributed by atoms with Gasteiger partial charge in [-0.3, -0.25) is 0 Å². The third kappa shape index (κ3) is 4.75. The summed E-state index contributed by atoms with van der Waals surface area (Å²) in [7, 11) is 0. The summed E-state index contributed by atoms with van der Waals surface area (Å²) in [6.45, 7) is 7.64. The predicted octanol–water partition coefficient (Wildman–Crippen LogP) is 2.27. The third-order valence-corrected chi connectivity index (χ3v) is 4.32. The molecule has 0 radical (unpaired) electrons. The first-order chi connectivity index (χ1) is 7.07. The number of aliphatic hydroxyl groups is 1. The lowest BCUT2D eigenvalue weighted by Crippen LogP contribution is -2.37. The lowest BCUT2D eigenvalue weighted by atomic mass is 9.94. The van der Waals surface area contributed by atoms with E-state index in [0.717, 1.165) is 11.8 Å². The second-order valence-electron chi connectivity index (χ2n) is 5.29. The molecular weight excluding hydrogens is 206 g/mol. The largest absolute Gasteiger partial charge is 0.396 e.